The average molecular weight is 355 g/mol. The maximum absolute atomic E-state index is 10.4. The lowest BCUT2D eigenvalue weighted by molar-refractivity contribution is 0.154. The lowest BCUT2D eigenvalue weighted by Gasteiger charge is -2.04. The van der Waals surface area contributed by atoms with Gasteiger partial charge in [0.1, 0.15) is 0 Å². The second-order valence-electron chi connectivity index (χ2n) is 6.65. The van der Waals surface area contributed by atoms with E-state index in [-0.39, 0.29) is 0 Å². The predicted molar refractivity (Wildman–Crippen MR) is 108 cm³/mol. The summed E-state index contributed by atoms with van der Waals surface area (Å²) in [5.74, 6) is 1.75. The van der Waals surface area contributed by atoms with Crippen LogP contribution in [0.3, 0.4) is 0 Å². The highest BCUT2D eigenvalue weighted by Crippen LogP contribution is 2.13. The number of amides is 1. The van der Waals surface area contributed by atoms with Gasteiger partial charge < -0.3 is 10.5 Å². The van der Waals surface area contributed by atoms with E-state index in [9.17, 15) is 4.79 Å². The van der Waals surface area contributed by atoms with Crippen LogP contribution < -0.4 is 5.73 Å². The molecule has 0 spiro atoms. The molecule has 4 heteroatoms. The number of ether oxygens (including phenoxy) is 1. The minimum Gasteiger partial charge on any atom is -0.450 e. The third-order valence-corrected chi connectivity index (χ3v) is 4.24. The van der Waals surface area contributed by atoms with Crippen LogP contribution in [0.2, 0.25) is 0 Å². The van der Waals surface area contributed by atoms with Crippen molar-refractivity contribution >= 4 is 12.0 Å². The number of unbranched alkanes of at least 4 members (excludes halogenated alkanes) is 15. The van der Waals surface area contributed by atoms with Gasteiger partial charge in [0, 0.05) is 0 Å². The molecule has 0 bridgehead atoms. The van der Waals surface area contributed by atoms with Crippen LogP contribution in [0.1, 0.15) is 110 Å². The van der Waals surface area contributed by atoms with Crippen molar-refractivity contribution in [3.63, 3.8) is 0 Å². The zero-order valence-corrected chi connectivity index (χ0v) is 16.6. The number of rotatable bonds is 17. The van der Waals surface area contributed by atoms with Gasteiger partial charge >= 0.3 is 6.09 Å². The average Bonchev–Trinajstić information content (AvgIpc) is 2.58. The molecule has 3 N–H and O–H groups in total. The fraction of sp³-hybridized carbons (Fsp3) is 0.857. The first kappa shape index (κ1) is 26.0. The van der Waals surface area contributed by atoms with Gasteiger partial charge in [-0.1, -0.05) is 103 Å². The molecule has 0 aliphatic rings. The van der Waals surface area contributed by atoms with Crippen molar-refractivity contribution in [2.45, 2.75) is 110 Å². The molecule has 0 aliphatic carbocycles. The van der Waals surface area contributed by atoms with Crippen molar-refractivity contribution in [2.24, 2.45) is 5.73 Å². The van der Waals surface area contributed by atoms with E-state index in [1.807, 2.05) is 0 Å². The van der Waals surface area contributed by atoms with Crippen molar-refractivity contribution in [1.29, 1.82) is 5.41 Å². The van der Waals surface area contributed by atoms with E-state index in [1.165, 1.54) is 89.9 Å². The first-order valence-electron chi connectivity index (χ1n) is 10.3. The number of hydrogen-bond acceptors (Lipinski definition) is 3. The van der Waals surface area contributed by atoms with Crippen LogP contribution in [0.5, 0.6) is 0 Å². The molecule has 0 aromatic rings. The van der Waals surface area contributed by atoms with E-state index in [4.69, 9.17) is 15.9 Å². The molecule has 0 aliphatic heterocycles. The van der Waals surface area contributed by atoms with Crippen molar-refractivity contribution in [3.8, 4) is 0 Å². The summed E-state index contributed by atoms with van der Waals surface area (Å²) in [5, 5.41) is 5.85. The minimum atomic E-state index is -0.652. The van der Waals surface area contributed by atoms with Gasteiger partial charge in [0.05, 0.1) is 6.61 Å². The Bertz CT molecular complexity index is 300. The molecule has 0 rings (SSSR count). The summed E-state index contributed by atoms with van der Waals surface area (Å²) in [7, 11) is 0. The van der Waals surface area contributed by atoms with E-state index in [0.717, 1.165) is 12.8 Å². The van der Waals surface area contributed by atoms with E-state index < -0.39 is 6.09 Å². The molecule has 1 amide bonds. The standard InChI is InChI=1S/C19H39NO2.C2H3N/c1-2-3-4-5-6-7-8-9-10-11-12-13-14-15-16-17-18-22-19(20)21;1-2-3/h2-18H2,1H3,(H2,20,21);3H,1H2. The highest BCUT2D eigenvalue weighted by atomic mass is 16.5. The van der Waals surface area contributed by atoms with Crippen LogP contribution >= 0.6 is 0 Å². The Morgan fingerprint density at radius 2 is 1.08 bits per heavy atom. The Hall–Kier alpha value is -1.28. The molecule has 0 fully saturated rings. The van der Waals surface area contributed by atoms with Crippen molar-refractivity contribution in [2.75, 3.05) is 6.61 Å². The van der Waals surface area contributed by atoms with Crippen LogP contribution in [-0.2, 0) is 4.74 Å². The number of nitrogens with two attached hydrogens (primary N) is 1. The molecule has 4 nitrogen and oxygen atoms in total. The zero-order chi connectivity index (χ0) is 19.0. The van der Waals surface area contributed by atoms with Crippen LogP contribution in [0.25, 0.3) is 0 Å². The van der Waals surface area contributed by atoms with Crippen LogP contribution in [0.4, 0.5) is 4.79 Å². The van der Waals surface area contributed by atoms with E-state index >= 15 is 0 Å². The molecule has 0 radical (unpaired) electrons. The second-order valence-corrected chi connectivity index (χ2v) is 6.65. The van der Waals surface area contributed by atoms with Gasteiger partial charge in [-0.25, -0.2) is 4.79 Å². The van der Waals surface area contributed by atoms with E-state index in [2.05, 4.69) is 13.5 Å². The second kappa shape index (κ2) is 25.0. The quantitative estimate of drug-likeness (QED) is 0.223. The van der Waals surface area contributed by atoms with Gasteiger partial charge in [0.25, 0.3) is 0 Å². The topological polar surface area (TPSA) is 76.2 Å². The monoisotopic (exact) mass is 354 g/mol. The third-order valence-electron chi connectivity index (χ3n) is 4.24. The summed E-state index contributed by atoms with van der Waals surface area (Å²) in [6.07, 6.45) is 21.0. The van der Waals surface area contributed by atoms with Gasteiger partial charge in [0.15, 0.2) is 0 Å². The molecule has 0 aromatic heterocycles. The minimum absolute atomic E-state index is 0.480. The number of hydrogen-bond donors (Lipinski definition) is 2. The molecule has 0 saturated carbocycles. The summed E-state index contributed by atoms with van der Waals surface area (Å²) in [5.41, 5.74) is 4.90. The van der Waals surface area contributed by atoms with Gasteiger partial charge in [-0.15, -0.1) is 0 Å². The summed E-state index contributed by atoms with van der Waals surface area (Å²) >= 11 is 0. The van der Waals surface area contributed by atoms with Crippen LogP contribution in [-0.4, -0.2) is 18.6 Å². The van der Waals surface area contributed by atoms with Gasteiger partial charge in [-0.05, 0) is 18.9 Å². The molecule has 0 unspecified atom stereocenters. The predicted octanol–water partition coefficient (Wildman–Crippen LogP) is 6.76. The SMILES string of the molecule is C=C=N.CCCCCCCCCCCCCCCCCCOC(N)=O. The van der Waals surface area contributed by atoms with Crippen molar-refractivity contribution in [1.82, 2.24) is 0 Å². The normalized spacial score (nSPS) is 9.80. The molecule has 0 aromatic carbocycles. The molecule has 0 atom stereocenters. The summed E-state index contributed by atoms with van der Waals surface area (Å²) in [6.45, 7) is 5.66. The number of carbonyl (C=O) groups excluding carboxylic acids is 1. The first-order valence-corrected chi connectivity index (χ1v) is 10.3. The van der Waals surface area contributed by atoms with Gasteiger partial charge in [-0.2, -0.15) is 0 Å². The Morgan fingerprint density at radius 3 is 1.36 bits per heavy atom. The summed E-state index contributed by atoms with van der Waals surface area (Å²) < 4.78 is 4.70. The third kappa shape index (κ3) is 31.1. The summed E-state index contributed by atoms with van der Waals surface area (Å²) in [4.78, 5) is 10.4. The molecule has 25 heavy (non-hydrogen) atoms. The molecular formula is C21H42N2O2. The summed E-state index contributed by atoms with van der Waals surface area (Å²) in [6, 6.07) is 0. The first-order chi connectivity index (χ1) is 12.2. The van der Waals surface area contributed by atoms with Crippen molar-refractivity contribution in [3.05, 3.63) is 6.58 Å². The van der Waals surface area contributed by atoms with E-state index in [0.29, 0.717) is 6.61 Å². The number of nitrogens with one attached hydrogen (secondary N) is 1. The van der Waals surface area contributed by atoms with E-state index in [1.54, 1.807) is 5.87 Å². The molecule has 0 heterocycles. The van der Waals surface area contributed by atoms with Gasteiger partial charge in [-0.3, -0.25) is 5.41 Å². The maximum atomic E-state index is 10.4. The zero-order valence-electron chi connectivity index (χ0n) is 16.6. The highest BCUT2D eigenvalue weighted by Gasteiger charge is 1.96. The molecular weight excluding hydrogens is 312 g/mol. The lowest BCUT2D eigenvalue weighted by atomic mass is 10.0. The van der Waals surface area contributed by atoms with Crippen LogP contribution in [0, 0.1) is 5.41 Å². The highest BCUT2D eigenvalue weighted by molar-refractivity contribution is 5.64. The number of primary amides is 1. The molecule has 0 saturated heterocycles. The fourth-order valence-corrected chi connectivity index (χ4v) is 2.82. The Labute approximate surface area is 156 Å². The lowest BCUT2D eigenvalue weighted by Crippen LogP contribution is -2.13. The fourth-order valence-electron chi connectivity index (χ4n) is 2.82. The van der Waals surface area contributed by atoms with Crippen LogP contribution in [0.15, 0.2) is 6.58 Å². The Morgan fingerprint density at radius 1 is 0.800 bits per heavy atom. The largest absolute Gasteiger partial charge is 0.450 e. The van der Waals surface area contributed by atoms with Crippen molar-refractivity contribution < 1.29 is 9.53 Å². The maximum Gasteiger partial charge on any atom is 0.404 e. The Kier molecular flexibility index (Phi) is 25.9. The molecule has 148 valence electrons. The smallest absolute Gasteiger partial charge is 0.404 e. The Balaban J connectivity index is 0. The number of carbonyl (C=O) groups is 1. The van der Waals surface area contributed by atoms with Gasteiger partial charge in [0.2, 0.25) is 0 Å².